The number of amides is 2. The number of anilines is 2. The van der Waals surface area contributed by atoms with Crippen LogP contribution in [0.1, 0.15) is 5.56 Å². The summed E-state index contributed by atoms with van der Waals surface area (Å²) in [6.45, 7) is 1.86. The predicted octanol–water partition coefficient (Wildman–Crippen LogP) is 3.84. The number of aryl methyl sites for hydroxylation is 1. The van der Waals surface area contributed by atoms with Crippen molar-refractivity contribution < 1.29 is 14.3 Å². The Hall–Kier alpha value is -3.80. The molecule has 0 aliphatic carbocycles. The van der Waals surface area contributed by atoms with Crippen LogP contribution in [-0.2, 0) is 9.59 Å². The Morgan fingerprint density at radius 1 is 0.833 bits per heavy atom. The Balaban J connectivity index is 1.53. The van der Waals surface area contributed by atoms with Crippen LogP contribution in [0.3, 0.4) is 0 Å². The van der Waals surface area contributed by atoms with Crippen molar-refractivity contribution in [3.05, 3.63) is 78.4 Å². The molecule has 0 aliphatic heterocycles. The van der Waals surface area contributed by atoms with Crippen LogP contribution < -0.4 is 20.7 Å². The van der Waals surface area contributed by atoms with Gasteiger partial charge in [0.1, 0.15) is 5.75 Å². The number of para-hydroxylation sites is 1. The topological polar surface area (TPSA) is 79.5 Å². The molecular formula is C24H25N3O3. The number of benzene rings is 3. The number of hydrogen-bond acceptors (Lipinski definition) is 4. The molecular weight excluding hydrogens is 378 g/mol. The lowest BCUT2D eigenvalue weighted by atomic mass is 10.0. The molecule has 0 heterocycles. The third-order valence-electron chi connectivity index (χ3n) is 4.53. The van der Waals surface area contributed by atoms with Crippen molar-refractivity contribution in [3.8, 4) is 16.9 Å². The SMILES string of the molecule is COc1ccc(C)cc1NC(=O)CNC(=O)CNc1ccccc1-c1ccccc1. The highest BCUT2D eigenvalue weighted by Crippen LogP contribution is 2.27. The maximum atomic E-state index is 12.2. The normalized spacial score (nSPS) is 10.2. The van der Waals surface area contributed by atoms with Gasteiger partial charge in [0.15, 0.2) is 0 Å². The minimum atomic E-state index is -0.322. The van der Waals surface area contributed by atoms with E-state index >= 15 is 0 Å². The molecule has 30 heavy (non-hydrogen) atoms. The summed E-state index contributed by atoms with van der Waals surface area (Å²) in [7, 11) is 1.54. The Morgan fingerprint density at radius 2 is 1.57 bits per heavy atom. The van der Waals surface area contributed by atoms with E-state index in [-0.39, 0.29) is 24.9 Å². The van der Waals surface area contributed by atoms with Gasteiger partial charge in [0.25, 0.3) is 0 Å². The van der Waals surface area contributed by atoms with E-state index in [1.54, 1.807) is 13.2 Å². The van der Waals surface area contributed by atoms with Gasteiger partial charge in [0.2, 0.25) is 11.8 Å². The summed E-state index contributed by atoms with van der Waals surface area (Å²) in [5.74, 6) is -0.0272. The van der Waals surface area contributed by atoms with Crippen LogP contribution in [0.25, 0.3) is 11.1 Å². The lowest BCUT2D eigenvalue weighted by Crippen LogP contribution is -2.36. The first-order chi connectivity index (χ1) is 14.6. The Bertz CT molecular complexity index is 1020. The summed E-state index contributed by atoms with van der Waals surface area (Å²) in [6, 6.07) is 23.2. The average molecular weight is 403 g/mol. The maximum absolute atomic E-state index is 12.2. The highest BCUT2D eigenvalue weighted by molar-refractivity contribution is 5.96. The Morgan fingerprint density at radius 3 is 2.33 bits per heavy atom. The molecule has 0 aromatic heterocycles. The van der Waals surface area contributed by atoms with E-state index in [1.165, 1.54) is 0 Å². The van der Waals surface area contributed by atoms with Crippen LogP contribution in [0, 0.1) is 6.92 Å². The molecule has 3 aromatic carbocycles. The zero-order chi connectivity index (χ0) is 21.3. The molecule has 3 aromatic rings. The molecule has 3 N–H and O–H groups in total. The van der Waals surface area contributed by atoms with Crippen LogP contribution >= 0.6 is 0 Å². The molecule has 0 aliphatic rings. The summed E-state index contributed by atoms with van der Waals surface area (Å²) in [5.41, 5.74) is 4.50. The minimum Gasteiger partial charge on any atom is -0.495 e. The summed E-state index contributed by atoms with van der Waals surface area (Å²) in [6.07, 6.45) is 0. The molecule has 0 fully saturated rings. The van der Waals surface area contributed by atoms with Gasteiger partial charge in [-0.2, -0.15) is 0 Å². The van der Waals surface area contributed by atoms with Gasteiger partial charge in [-0.25, -0.2) is 0 Å². The van der Waals surface area contributed by atoms with Crippen molar-refractivity contribution >= 4 is 23.2 Å². The van der Waals surface area contributed by atoms with E-state index < -0.39 is 0 Å². The molecule has 154 valence electrons. The molecule has 0 atom stereocenters. The molecule has 2 amide bonds. The van der Waals surface area contributed by atoms with Crippen LogP contribution in [0.4, 0.5) is 11.4 Å². The standard InChI is InChI=1S/C24H25N3O3/c1-17-12-13-22(30-2)21(14-17)27-24(29)16-26-23(28)15-25-20-11-7-6-10-19(20)18-8-4-3-5-9-18/h3-14,25H,15-16H2,1-2H3,(H,26,28)(H,27,29). The summed E-state index contributed by atoms with van der Waals surface area (Å²) in [4.78, 5) is 24.4. The zero-order valence-corrected chi connectivity index (χ0v) is 17.1. The van der Waals surface area contributed by atoms with Gasteiger partial charge >= 0.3 is 0 Å². The molecule has 0 unspecified atom stereocenters. The third-order valence-corrected chi connectivity index (χ3v) is 4.53. The molecule has 3 rings (SSSR count). The first-order valence-electron chi connectivity index (χ1n) is 9.66. The second-order valence-corrected chi connectivity index (χ2v) is 6.79. The Labute approximate surface area is 176 Å². The van der Waals surface area contributed by atoms with Gasteiger partial charge in [0.05, 0.1) is 25.9 Å². The Kier molecular flexibility index (Phi) is 7.05. The van der Waals surface area contributed by atoms with Crippen LogP contribution in [0.2, 0.25) is 0 Å². The number of carbonyl (C=O) groups excluding carboxylic acids is 2. The minimum absolute atomic E-state index is 0.0604. The monoisotopic (exact) mass is 403 g/mol. The number of carbonyl (C=O) groups is 2. The highest BCUT2D eigenvalue weighted by atomic mass is 16.5. The highest BCUT2D eigenvalue weighted by Gasteiger charge is 2.10. The smallest absolute Gasteiger partial charge is 0.243 e. The van der Waals surface area contributed by atoms with E-state index in [4.69, 9.17) is 4.74 Å². The first-order valence-corrected chi connectivity index (χ1v) is 9.66. The molecule has 6 heteroatoms. The van der Waals surface area contributed by atoms with Gasteiger partial charge in [-0.05, 0) is 36.2 Å². The van der Waals surface area contributed by atoms with E-state index in [0.29, 0.717) is 11.4 Å². The maximum Gasteiger partial charge on any atom is 0.243 e. The van der Waals surface area contributed by atoms with Gasteiger partial charge in [-0.15, -0.1) is 0 Å². The molecule has 0 radical (unpaired) electrons. The van der Waals surface area contributed by atoms with E-state index in [0.717, 1.165) is 22.4 Å². The molecule has 0 spiro atoms. The summed E-state index contributed by atoms with van der Waals surface area (Å²) < 4.78 is 5.25. The molecule has 0 bridgehead atoms. The number of methoxy groups -OCH3 is 1. The van der Waals surface area contributed by atoms with Crippen LogP contribution in [0.15, 0.2) is 72.8 Å². The fourth-order valence-corrected chi connectivity index (χ4v) is 3.04. The molecule has 0 saturated carbocycles. The van der Waals surface area contributed by atoms with Gasteiger partial charge in [-0.3, -0.25) is 9.59 Å². The van der Waals surface area contributed by atoms with E-state index in [9.17, 15) is 9.59 Å². The van der Waals surface area contributed by atoms with Crippen molar-refractivity contribution in [2.45, 2.75) is 6.92 Å². The van der Waals surface area contributed by atoms with Crippen LogP contribution in [-0.4, -0.2) is 32.0 Å². The quantitative estimate of drug-likeness (QED) is 0.534. The van der Waals surface area contributed by atoms with E-state index in [2.05, 4.69) is 16.0 Å². The summed E-state index contributed by atoms with van der Waals surface area (Å²) in [5, 5.41) is 8.54. The summed E-state index contributed by atoms with van der Waals surface area (Å²) >= 11 is 0. The van der Waals surface area contributed by atoms with Crippen LogP contribution in [0.5, 0.6) is 5.75 Å². The molecule has 6 nitrogen and oxygen atoms in total. The van der Waals surface area contributed by atoms with Gasteiger partial charge < -0.3 is 20.7 Å². The van der Waals surface area contributed by atoms with Crippen molar-refractivity contribution in [1.82, 2.24) is 5.32 Å². The van der Waals surface area contributed by atoms with E-state index in [1.807, 2.05) is 73.7 Å². The fraction of sp³-hybridized carbons (Fsp3) is 0.167. The van der Waals surface area contributed by atoms with Gasteiger partial charge in [0, 0.05) is 11.3 Å². The number of rotatable bonds is 8. The van der Waals surface area contributed by atoms with Gasteiger partial charge in [-0.1, -0.05) is 54.6 Å². The third kappa shape index (κ3) is 5.61. The second-order valence-electron chi connectivity index (χ2n) is 6.79. The number of ether oxygens (including phenoxy) is 1. The zero-order valence-electron chi connectivity index (χ0n) is 17.1. The molecule has 0 saturated heterocycles. The van der Waals surface area contributed by atoms with Crippen molar-refractivity contribution in [3.63, 3.8) is 0 Å². The fourth-order valence-electron chi connectivity index (χ4n) is 3.04. The lowest BCUT2D eigenvalue weighted by Gasteiger charge is -2.13. The predicted molar refractivity (Wildman–Crippen MR) is 120 cm³/mol. The lowest BCUT2D eigenvalue weighted by molar-refractivity contribution is -0.122. The largest absolute Gasteiger partial charge is 0.495 e. The van der Waals surface area contributed by atoms with Crippen molar-refractivity contribution in [2.24, 2.45) is 0 Å². The van der Waals surface area contributed by atoms with Crippen molar-refractivity contribution in [1.29, 1.82) is 0 Å². The number of hydrogen-bond donors (Lipinski definition) is 3. The second kappa shape index (κ2) is 10.1. The first kappa shape index (κ1) is 20.9. The van der Waals surface area contributed by atoms with Crippen molar-refractivity contribution in [2.75, 3.05) is 30.8 Å². The average Bonchev–Trinajstić information content (AvgIpc) is 2.77. The number of nitrogens with one attached hydrogen (secondary N) is 3.